The number of benzene rings is 1. The second-order valence-electron chi connectivity index (χ2n) is 6.66. The van der Waals surface area contributed by atoms with Crippen LogP contribution >= 0.6 is 0 Å². The first-order valence-corrected chi connectivity index (χ1v) is 8.88. The van der Waals surface area contributed by atoms with Crippen molar-refractivity contribution in [2.45, 2.75) is 32.4 Å². The van der Waals surface area contributed by atoms with E-state index in [4.69, 9.17) is 4.74 Å². The average molecular weight is 346 g/mol. The Balaban J connectivity index is 1.84. The summed E-state index contributed by atoms with van der Waals surface area (Å²) in [4.78, 5) is 18.3. The summed E-state index contributed by atoms with van der Waals surface area (Å²) in [7, 11) is 3.47. The molecule has 1 aliphatic rings. The van der Waals surface area contributed by atoms with Crippen LogP contribution in [0.1, 0.15) is 31.9 Å². The van der Waals surface area contributed by atoms with Gasteiger partial charge in [0.2, 0.25) is 5.91 Å². The van der Waals surface area contributed by atoms with Crippen molar-refractivity contribution < 1.29 is 9.53 Å². The fourth-order valence-electron chi connectivity index (χ4n) is 3.03. The molecule has 25 heavy (non-hydrogen) atoms. The number of amides is 1. The highest BCUT2D eigenvalue weighted by Crippen LogP contribution is 2.15. The molecule has 1 aromatic carbocycles. The van der Waals surface area contributed by atoms with Gasteiger partial charge in [0.15, 0.2) is 5.96 Å². The second-order valence-corrected chi connectivity index (χ2v) is 6.66. The summed E-state index contributed by atoms with van der Waals surface area (Å²) >= 11 is 0. The normalized spacial score (nSPS) is 19.2. The number of carbonyl (C=O) groups excluding carboxylic acids is 1. The molecule has 2 rings (SSSR count). The Morgan fingerprint density at radius 1 is 1.36 bits per heavy atom. The van der Waals surface area contributed by atoms with Crippen molar-refractivity contribution in [3.63, 3.8) is 0 Å². The highest BCUT2D eigenvalue weighted by Gasteiger charge is 2.28. The van der Waals surface area contributed by atoms with Crippen LogP contribution in [0.5, 0.6) is 0 Å². The van der Waals surface area contributed by atoms with Gasteiger partial charge < -0.3 is 20.3 Å². The predicted molar refractivity (Wildman–Crippen MR) is 101 cm³/mol. The monoisotopic (exact) mass is 346 g/mol. The summed E-state index contributed by atoms with van der Waals surface area (Å²) in [6.07, 6.45) is 0.897. The first-order valence-electron chi connectivity index (χ1n) is 8.88. The molecule has 1 saturated heterocycles. The molecular weight excluding hydrogens is 316 g/mol. The summed E-state index contributed by atoms with van der Waals surface area (Å²) in [6, 6.07) is 10.3. The van der Waals surface area contributed by atoms with E-state index in [1.165, 1.54) is 0 Å². The zero-order valence-corrected chi connectivity index (χ0v) is 15.7. The smallest absolute Gasteiger partial charge is 0.225 e. The molecular formula is C19H30N4O2. The molecule has 0 radical (unpaired) electrons. The summed E-state index contributed by atoms with van der Waals surface area (Å²) in [5.74, 6) is 1.00. The lowest BCUT2D eigenvalue weighted by Crippen LogP contribution is -2.46. The topological polar surface area (TPSA) is 66.0 Å². The minimum absolute atomic E-state index is 0.0395. The van der Waals surface area contributed by atoms with Gasteiger partial charge in [-0.15, -0.1) is 0 Å². The van der Waals surface area contributed by atoms with Crippen molar-refractivity contribution in [1.82, 2.24) is 15.5 Å². The van der Waals surface area contributed by atoms with Gasteiger partial charge in [-0.3, -0.25) is 9.79 Å². The van der Waals surface area contributed by atoms with E-state index in [1.807, 2.05) is 36.9 Å². The Labute approximate surface area is 150 Å². The number of methoxy groups -OCH3 is 1. The van der Waals surface area contributed by atoms with Gasteiger partial charge in [0.1, 0.15) is 0 Å². The SMILES string of the molecule is CN=C(NCC(OC)c1ccccc1)NC1CCN(C(=O)C(C)C)C1. The van der Waals surface area contributed by atoms with Crippen LogP contribution in [0, 0.1) is 5.92 Å². The number of rotatable bonds is 6. The molecule has 1 heterocycles. The van der Waals surface area contributed by atoms with Gasteiger partial charge in [0.05, 0.1) is 6.10 Å². The van der Waals surface area contributed by atoms with Gasteiger partial charge in [0, 0.05) is 45.8 Å². The van der Waals surface area contributed by atoms with Crippen LogP contribution in [0.4, 0.5) is 0 Å². The van der Waals surface area contributed by atoms with Crippen LogP contribution in [0.3, 0.4) is 0 Å². The number of nitrogens with zero attached hydrogens (tertiary/aromatic N) is 2. The van der Waals surface area contributed by atoms with Crippen LogP contribution in [0.15, 0.2) is 35.3 Å². The van der Waals surface area contributed by atoms with Crippen molar-refractivity contribution in [2.24, 2.45) is 10.9 Å². The van der Waals surface area contributed by atoms with E-state index in [2.05, 4.69) is 27.8 Å². The number of ether oxygens (including phenoxy) is 1. The predicted octanol–water partition coefficient (Wildman–Crippen LogP) is 1.80. The Morgan fingerprint density at radius 2 is 2.08 bits per heavy atom. The molecule has 6 nitrogen and oxygen atoms in total. The highest BCUT2D eigenvalue weighted by atomic mass is 16.5. The maximum absolute atomic E-state index is 12.1. The minimum atomic E-state index is -0.0395. The fourth-order valence-corrected chi connectivity index (χ4v) is 3.03. The third-order valence-electron chi connectivity index (χ3n) is 4.47. The molecule has 6 heteroatoms. The molecule has 2 N–H and O–H groups in total. The van der Waals surface area contributed by atoms with Crippen LogP contribution in [0.25, 0.3) is 0 Å². The van der Waals surface area contributed by atoms with Gasteiger partial charge in [-0.2, -0.15) is 0 Å². The first-order chi connectivity index (χ1) is 12.0. The Kier molecular flexibility index (Phi) is 7.25. The third kappa shape index (κ3) is 5.46. The van der Waals surface area contributed by atoms with Gasteiger partial charge >= 0.3 is 0 Å². The molecule has 0 aromatic heterocycles. The van der Waals surface area contributed by atoms with Crippen molar-refractivity contribution in [3.05, 3.63) is 35.9 Å². The first kappa shape index (κ1) is 19.2. The van der Waals surface area contributed by atoms with Crippen LogP contribution in [-0.4, -0.2) is 56.6 Å². The van der Waals surface area contributed by atoms with Crippen molar-refractivity contribution >= 4 is 11.9 Å². The maximum atomic E-state index is 12.1. The molecule has 138 valence electrons. The molecule has 1 fully saturated rings. The fraction of sp³-hybridized carbons (Fsp3) is 0.579. The molecule has 1 aromatic rings. The summed E-state index contributed by atoms with van der Waals surface area (Å²) < 4.78 is 5.58. The molecule has 0 spiro atoms. The van der Waals surface area contributed by atoms with Crippen molar-refractivity contribution in [2.75, 3.05) is 33.8 Å². The number of likely N-dealkylation sites (tertiary alicyclic amines) is 1. The molecule has 0 aliphatic carbocycles. The molecule has 1 amide bonds. The number of carbonyl (C=O) groups is 1. The Morgan fingerprint density at radius 3 is 2.68 bits per heavy atom. The van der Waals surface area contributed by atoms with E-state index in [9.17, 15) is 4.79 Å². The van der Waals surface area contributed by atoms with E-state index in [0.29, 0.717) is 6.54 Å². The van der Waals surface area contributed by atoms with Gasteiger partial charge in [-0.05, 0) is 12.0 Å². The van der Waals surface area contributed by atoms with E-state index in [-0.39, 0.29) is 24.0 Å². The van der Waals surface area contributed by atoms with Crippen LogP contribution in [-0.2, 0) is 9.53 Å². The Hall–Kier alpha value is -2.08. The zero-order valence-electron chi connectivity index (χ0n) is 15.7. The number of guanidine groups is 1. The average Bonchev–Trinajstić information content (AvgIpc) is 3.09. The second kappa shape index (κ2) is 9.42. The summed E-state index contributed by atoms with van der Waals surface area (Å²) in [5, 5.41) is 6.73. The van der Waals surface area contributed by atoms with Crippen LogP contribution in [0.2, 0.25) is 0 Å². The van der Waals surface area contributed by atoms with Crippen molar-refractivity contribution in [1.29, 1.82) is 0 Å². The van der Waals surface area contributed by atoms with Crippen LogP contribution < -0.4 is 10.6 Å². The summed E-state index contributed by atoms with van der Waals surface area (Å²) in [6.45, 7) is 6.04. The lowest BCUT2D eigenvalue weighted by molar-refractivity contribution is -0.133. The Bertz CT molecular complexity index is 574. The molecule has 0 bridgehead atoms. The minimum Gasteiger partial charge on any atom is -0.375 e. The van der Waals surface area contributed by atoms with E-state index < -0.39 is 0 Å². The summed E-state index contributed by atoms with van der Waals surface area (Å²) in [5.41, 5.74) is 1.13. The lowest BCUT2D eigenvalue weighted by atomic mass is 10.1. The quantitative estimate of drug-likeness (QED) is 0.609. The number of aliphatic imine (C=N–C) groups is 1. The van der Waals surface area contributed by atoms with E-state index >= 15 is 0 Å². The number of hydrogen-bond donors (Lipinski definition) is 2. The van der Waals surface area contributed by atoms with E-state index in [0.717, 1.165) is 31.0 Å². The van der Waals surface area contributed by atoms with Gasteiger partial charge in [-0.25, -0.2) is 0 Å². The van der Waals surface area contributed by atoms with Crippen molar-refractivity contribution in [3.8, 4) is 0 Å². The molecule has 1 aliphatic heterocycles. The highest BCUT2D eigenvalue weighted by molar-refractivity contribution is 5.81. The molecule has 2 atom stereocenters. The standard InChI is InChI=1S/C19H30N4O2/c1-14(2)18(24)23-11-10-16(13-23)22-19(20-3)21-12-17(25-4)15-8-6-5-7-9-15/h5-9,14,16-17H,10-13H2,1-4H3,(H2,20,21,22). The molecule has 0 saturated carbocycles. The van der Waals surface area contributed by atoms with Gasteiger partial charge in [-0.1, -0.05) is 44.2 Å². The third-order valence-corrected chi connectivity index (χ3v) is 4.47. The maximum Gasteiger partial charge on any atom is 0.225 e. The molecule has 2 unspecified atom stereocenters. The van der Waals surface area contributed by atoms with E-state index in [1.54, 1.807) is 14.2 Å². The number of hydrogen-bond acceptors (Lipinski definition) is 3. The lowest BCUT2D eigenvalue weighted by Gasteiger charge is -2.22. The van der Waals surface area contributed by atoms with Gasteiger partial charge in [0.25, 0.3) is 0 Å². The zero-order chi connectivity index (χ0) is 18.2. The number of nitrogens with one attached hydrogen (secondary N) is 2. The largest absolute Gasteiger partial charge is 0.375 e.